The molecule has 0 bridgehead atoms. The van der Waals surface area contributed by atoms with E-state index in [4.69, 9.17) is 4.74 Å². The van der Waals surface area contributed by atoms with E-state index in [9.17, 15) is 9.59 Å². The number of hydrogen-bond donors (Lipinski definition) is 2. The molecule has 0 aliphatic carbocycles. The van der Waals surface area contributed by atoms with Crippen molar-refractivity contribution in [3.8, 4) is 17.0 Å². The van der Waals surface area contributed by atoms with Gasteiger partial charge in [0.05, 0.1) is 31.2 Å². The van der Waals surface area contributed by atoms with Crippen molar-refractivity contribution >= 4 is 18.1 Å². The number of rotatable bonds is 10. The fourth-order valence-electron chi connectivity index (χ4n) is 2.90. The van der Waals surface area contributed by atoms with Gasteiger partial charge in [0.2, 0.25) is 0 Å². The molecule has 0 aliphatic heterocycles. The van der Waals surface area contributed by atoms with Gasteiger partial charge in [-0.05, 0) is 54.4 Å². The van der Waals surface area contributed by atoms with E-state index in [1.807, 2.05) is 24.3 Å². The largest absolute Gasteiger partial charge is 0.494 e. The molecule has 0 saturated carbocycles. The summed E-state index contributed by atoms with van der Waals surface area (Å²) in [6, 6.07) is 15.9. The van der Waals surface area contributed by atoms with E-state index in [0.29, 0.717) is 17.9 Å². The van der Waals surface area contributed by atoms with Crippen LogP contribution in [0, 0.1) is 0 Å². The number of nitrogens with zero attached hydrogens (tertiary/aromatic N) is 2. The highest BCUT2D eigenvalue weighted by atomic mass is 16.5. The van der Waals surface area contributed by atoms with Gasteiger partial charge in [-0.25, -0.2) is 10.2 Å². The fraction of sp³-hybridized carbons (Fsp3) is 0.250. The quantitative estimate of drug-likeness (QED) is 0.215. The van der Waals surface area contributed by atoms with E-state index in [-0.39, 0.29) is 5.69 Å². The lowest BCUT2D eigenvalue weighted by Crippen LogP contribution is -2.18. The number of methoxy groups -OCH3 is 1. The van der Waals surface area contributed by atoms with Crippen molar-refractivity contribution < 1.29 is 19.1 Å². The van der Waals surface area contributed by atoms with Gasteiger partial charge in [0, 0.05) is 5.56 Å². The first-order valence-corrected chi connectivity index (χ1v) is 10.4. The number of H-pyrrole nitrogens is 1. The summed E-state index contributed by atoms with van der Waals surface area (Å²) >= 11 is 0. The molecule has 0 fully saturated rings. The normalized spacial score (nSPS) is 10.8. The molecule has 0 unspecified atom stereocenters. The highest BCUT2D eigenvalue weighted by Crippen LogP contribution is 2.21. The van der Waals surface area contributed by atoms with Gasteiger partial charge in [-0.3, -0.25) is 9.89 Å². The second kappa shape index (κ2) is 11.5. The number of nitrogens with one attached hydrogen (secondary N) is 2. The third-order valence-corrected chi connectivity index (χ3v) is 4.70. The lowest BCUT2D eigenvalue weighted by molar-refractivity contribution is 0.0600. The van der Waals surface area contributed by atoms with Crippen LogP contribution < -0.4 is 10.2 Å². The summed E-state index contributed by atoms with van der Waals surface area (Å²) in [7, 11) is 1.33. The fourth-order valence-corrected chi connectivity index (χ4v) is 2.90. The number of amides is 1. The molecular formula is C24H26N4O4. The van der Waals surface area contributed by atoms with Gasteiger partial charge in [0.25, 0.3) is 5.91 Å². The zero-order valence-electron chi connectivity index (χ0n) is 18.1. The molecule has 1 heterocycles. The van der Waals surface area contributed by atoms with Crippen molar-refractivity contribution in [3.63, 3.8) is 0 Å². The monoisotopic (exact) mass is 434 g/mol. The van der Waals surface area contributed by atoms with Crippen LogP contribution >= 0.6 is 0 Å². The van der Waals surface area contributed by atoms with E-state index in [1.165, 1.54) is 13.3 Å². The van der Waals surface area contributed by atoms with Crippen molar-refractivity contribution in [2.24, 2.45) is 5.10 Å². The average Bonchev–Trinajstić information content (AvgIpc) is 3.33. The van der Waals surface area contributed by atoms with E-state index < -0.39 is 11.9 Å². The van der Waals surface area contributed by atoms with Crippen molar-refractivity contribution in [2.75, 3.05) is 13.7 Å². The number of unbranched alkanes of at least 4 members (excludes halogenated alkanes) is 2. The maximum atomic E-state index is 12.3. The summed E-state index contributed by atoms with van der Waals surface area (Å²) < 4.78 is 10.4. The van der Waals surface area contributed by atoms with Gasteiger partial charge in [-0.15, -0.1) is 0 Å². The molecule has 8 nitrogen and oxygen atoms in total. The van der Waals surface area contributed by atoms with Crippen LogP contribution in [-0.2, 0) is 4.74 Å². The van der Waals surface area contributed by atoms with Gasteiger partial charge >= 0.3 is 5.97 Å². The number of aromatic amines is 1. The minimum atomic E-state index is -0.415. The Kier molecular flexibility index (Phi) is 8.14. The molecule has 0 saturated heterocycles. The van der Waals surface area contributed by atoms with Crippen LogP contribution in [0.1, 0.15) is 52.6 Å². The average molecular weight is 434 g/mol. The molecule has 8 heteroatoms. The second-order valence-electron chi connectivity index (χ2n) is 7.06. The molecule has 3 rings (SSSR count). The predicted molar refractivity (Wildman–Crippen MR) is 122 cm³/mol. The van der Waals surface area contributed by atoms with Crippen molar-refractivity contribution in [2.45, 2.75) is 26.2 Å². The Morgan fingerprint density at radius 2 is 1.84 bits per heavy atom. The first kappa shape index (κ1) is 22.7. The maximum absolute atomic E-state index is 12.3. The lowest BCUT2D eigenvalue weighted by atomic mass is 10.1. The maximum Gasteiger partial charge on any atom is 0.337 e. The Bertz CT molecular complexity index is 1060. The molecule has 166 valence electrons. The van der Waals surface area contributed by atoms with Crippen LogP contribution in [0.5, 0.6) is 5.75 Å². The summed E-state index contributed by atoms with van der Waals surface area (Å²) in [5.74, 6) is -0.0136. The molecule has 2 N–H and O–H groups in total. The molecular weight excluding hydrogens is 408 g/mol. The number of benzene rings is 2. The number of carbonyl (C=O) groups is 2. The number of esters is 1. The van der Waals surface area contributed by atoms with Crippen LogP contribution in [0.2, 0.25) is 0 Å². The Morgan fingerprint density at radius 1 is 1.09 bits per heavy atom. The standard InChI is InChI=1S/C24H26N4O4/c1-3-4-5-14-32-20-12-10-18(11-13-20)21-15-22(27-26-21)23(29)28-25-16-17-6-8-19(9-7-17)24(30)31-2/h6-13,15-16H,3-5,14H2,1-2H3,(H,26,27)(H,28,29)/b25-16+. The molecule has 1 amide bonds. The summed E-state index contributed by atoms with van der Waals surface area (Å²) in [4.78, 5) is 23.8. The van der Waals surface area contributed by atoms with Gasteiger partial charge in [0.1, 0.15) is 11.4 Å². The Morgan fingerprint density at radius 3 is 2.53 bits per heavy atom. The molecule has 0 aliphatic rings. The Balaban J connectivity index is 1.54. The predicted octanol–water partition coefficient (Wildman–Crippen LogP) is 4.20. The van der Waals surface area contributed by atoms with E-state index >= 15 is 0 Å². The Hall–Kier alpha value is -3.94. The Labute approximate surface area is 186 Å². The zero-order chi connectivity index (χ0) is 22.8. The SMILES string of the molecule is CCCCCOc1ccc(-c2cc(C(=O)N/N=C/c3ccc(C(=O)OC)cc3)[nH]n2)cc1. The lowest BCUT2D eigenvalue weighted by Gasteiger charge is -2.06. The highest BCUT2D eigenvalue weighted by Gasteiger charge is 2.10. The zero-order valence-corrected chi connectivity index (χ0v) is 18.1. The first-order valence-electron chi connectivity index (χ1n) is 10.4. The summed E-state index contributed by atoms with van der Waals surface area (Å²) in [5.41, 5.74) is 5.42. The van der Waals surface area contributed by atoms with Gasteiger partial charge in [0.15, 0.2) is 0 Å². The van der Waals surface area contributed by atoms with Crippen molar-refractivity contribution in [3.05, 3.63) is 71.4 Å². The summed E-state index contributed by atoms with van der Waals surface area (Å²) in [6.45, 7) is 2.86. The minimum Gasteiger partial charge on any atom is -0.494 e. The third kappa shape index (κ3) is 6.28. The topological polar surface area (TPSA) is 106 Å². The third-order valence-electron chi connectivity index (χ3n) is 4.70. The van der Waals surface area contributed by atoms with Crippen LogP contribution in [0.25, 0.3) is 11.3 Å². The van der Waals surface area contributed by atoms with E-state index in [2.05, 4.69) is 32.4 Å². The minimum absolute atomic E-state index is 0.290. The van der Waals surface area contributed by atoms with E-state index in [1.54, 1.807) is 30.3 Å². The van der Waals surface area contributed by atoms with E-state index in [0.717, 1.165) is 36.1 Å². The van der Waals surface area contributed by atoms with Crippen LogP contribution in [-0.4, -0.2) is 42.0 Å². The summed E-state index contributed by atoms with van der Waals surface area (Å²) in [5, 5.41) is 10.9. The van der Waals surface area contributed by atoms with Crippen molar-refractivity contribution in [1.29, 1.82) is 0 Å². The smallest absolute Gasteiger partial charge is 0.337 e. The van der Waals surface area contributed by atoms with Crippen LogP contribution in [0.15, 0.2) is 59.7 Å². The van der Waals surface area contributed by atoms with Crippen molar-refractivity contribution in [1.82, 2.24) is 15.6 Å². The number of carbonyl (C=O) groups excluding carboxylic acids is 2. The molecule has 32 heavy (non-hydrogen) atoms. The summed E-state index contributed by atoms with van der Waals surface area (Å²) in [6.07, 6.45) is 4.83. The van der Waals surface area contributed by atoms with Gasteiger partial charge < -0.3 is 9.47 Å². The molecule has 1 aromatic heterocycles. The molecule has 0 radical (unpaired) electrons. The molecule has 3 aromatic rings. The molecule has 2 aromatic carbocycles. The molecule has 0 atom stereocenters. The number of ether oxygens (including phenoxy) is 2. The highest BCUT2D eigenvalue weighted by molar-refractivity contribution is 5.94. The van der Waals surface area contributed by atoms with Crippen LogP contribution in [0.3, 0.4) is 0 Å². The van der Waals surface area contributed by atoms with Gasteiger partial charge in [-0.1, -0.05) is 31.9 Å². The number of hydrazone groups is 1. The second-order valence-corrected chi connectivity index (χ2v) is 7.06. The number of hydrogen-bond acceptors (Lipinski definition) is 6. The van der Waals surface area contributed by atoms with Crippen LogP contribution in [0.4, 0.5) is 0 Å². The van der Waals surface area contributed by atoms with Gasteiger partial charge in [-0.2, -0.15) is 10.2 Å². The number of aromatic nitrogens is 2. The first-order chi connectivity index (χ1) is 15.6. The molecule has 0 spiro atoms.